The SMILES string of the molecule is CN(C)C1CCCC(c2cccc3ccccc23)C1.Cl. The minimum Gasteiger partial charge on any atom is -0.306 e. The summed E-state index contributed by atoms with van der Waals surface area (Å²) < 4.78 is 0. The molecule has 3 rings (SSSR count). The zero-order valence-corrected chi connectivity index (χ0v) is 13.2. The van der Waals surface area contributed by atoms with E-state index in [0.717, 1.165) is 12.0 Å². The molecule has 0 amide bonds. The Kier molecular flexibility index (Phi) is 5.06. The normalized spacial score (nSPS) is 22.8. The molecule has 2 unspecified atom stereocenters. The summed E-state index contributed by atoms with van der Waals surface area (Å²) in [5, 5.41) is 2.83. The van der Waals surface area contributed by atoms with Crippen LogP contribution in [0.3, 0.4) is 0 Å². The fraction of sp³-hybridized carbons (Fsp3) is 0.444. The highest BCUT2D eigenvalue weighted by Gasteiger charge is 2.25. The van der Waals surface area contributed by atoms with E-state index < -0.39 is 0 Å². The second-order valence-corrected chi connectivity index (χ2v) is 6.05. The molecule has 0 spiro atoms. The van der Waals surface area contributed by atoms with E-state index in [-0.39, 0.29) is 12.4 Å². The minimum absolute atomic E-state index is 0. The van der Waals surface area contributed by atoms with E-state index in [1.165, 1.54) is 36.5 Å². The first-order valence-electron chi connectivity index (χ1n) is 7.40. The Labute approximate surface area is 128 Å². The van der Waals surface area contributed by atoms with Crippen LogP contribution in [0.5, 0.6) is 0 Å². The van der Waals surface area contributed by atoms with E-state index in [1.54, 1.807) is 5.56 Å². The van der Waals surface area contributed by atoms with Crippen molar-refractivity contribution in [2.75, 3.05) is 14.1 Å². The first-order valence-corrected chi connectivity index (χ1v) is 7.40. The van der Waals surface area contributed by atoms with Gasteiger partial charge >= 0.3 is 0 Å². The van der Waals surface area contributed by atoms with Gasteiger partial charge in [0.1, 0.15) is 0 Å². The highest BCUT2D eigenvalue weighted by atomic mass is 35.5. The van der Waals surface area contributed by atoms with Crippen molar-refractivity contribution in [2.45, 2.75) is 37.6 Å². The van der Waals surface area contributed by atoms with Gasteiger partial charge in [0.25, 0.3) is 0 Å². The largest absolute Gasteiger partial charge is 0.306 e. The monoisotopic (exact) mass is 289 g/mol. The molecule has 0 N–H and O–H groups in total. The van der Waals surface area contributed by atoms with E-state index in [0.29, 0.717) is 0 Å². The van der Waals surface area contributed by atoms with Gasteiger partial charge in [0.05, 0.1) is 0 Å². The summed E-state index contributed by atoms with van der Waals surface area (Å²) in [6.45, 7) is 0. The molecule has 0 aromatic heterocycles. The number of benzene rings is 2. The van der Waals surface area contributed by atoms with Gasteiger partial charge in [-0.05, 0) is 55.6 Å². The number of rotatable bonds is 2. The zero-order chi connectivity index (χ0) is 13.2. The molecule has 0 saturated heterocycles. The van der Waals surface area contributed by atoms with Crippen LogP contribution in [0.2, 0.25) is 0 Å². The van der Waals surface area contributed by atoms with Gasteiger partial charge in [0, 0.05) is 6.04 Å². The molecule has 1 fully saturated rings. The van der Waals surface area contributed by atoms with E-state index in [9.17, 15) is 0 Å². The average Bonchev–Trinajstić information content (AvgIpc) is 2.47. The van der Waals surface area contributed by atoms with E-state index >= 15 is 0 Å². The lowest BCUT2D eigenvalue weighted by molar-refractivity contribution is 0.213. The molecule has 1 aliphatic rings. The van der Waals surface area contributed by atoms with Crippen LogP contribution in [-0.4, -0.2) is 25.0 Å². The summed E-state index contributed by atoms with van der Waals surface area (Å²) in [5.41, 5.74) is 1.56. The van der Waals surface area contributed by atoms with Crippen molar-refractivity contribution >= 4 is 23.2 Å². The number of halogens is 1. The number of fused-ring (bicyclic) bond motifs is 1. The second kappa shape index (κ2) is 6.60. The number of hydrogen-bond acceptors (Lipinski definition) is 1. The second-order valence-electron chi connectivity index (χ2n) is 6.05. The molecule has 0 heterocycles. The molecule has 2 aromatic carbocycles. The van der Waals surface area contributed by atoms with Gasteiger partial charge < -0.3 is 4.90 Å². The third kappa shape index (κ3) is 2.99. The van der Waals surface area contributed by atoms with Gasteiger partial charge in [-0.3, -0.25) is 0 Å². The van der Waals surface area contributed by atoms with Crippen LogP contribution in [0.25, 0.3) is 10.8 Å². The van der Waals surface area contributed by atoms with Gasteiger partial charge in [-0.15, -0.1) is 12.4 Å². The Bertz CT molecular complexity index is 559. The molecular formula is C18H24ClN. The van der Waals surface area contributed by atoms with Gasteiger partial charge in [0.15, 0.2) is 0 Å². The van der Waals surface area contributed by atoms with Gasteiger partial charge in [0.2, 0.25) is 0 Å². The molecule has 20 heavy (non-hydrogen) atoms. The Morgan fingerprint density at radius 2 is 1.70 bits per heavy atom. The van der Waals surface area contributed by atoms with Crippen molar-refractivity contribution in [1.29, 1.82) is 0 Å². The first kappa shape index (κ1) is 15.3. The van der Waals surface area contributed by atoms with E-state index in [2.05, 4.69) is 61.5 Å². The van der Waals surface area contributed by atoms with E-state index in [1.807, 2.05) is 0 Å². The molecule has 1 aliphatic carbocycles. The Morgan fingerprint density at radius 3 is 2.50 bits per heavy atom. The molecular weight excluding hydrogens is 266 g/mol. The van der Waals surface area contributed by atoms with Crippen molar-refractivity contribution in [3.8, 4) is 0 Å². The maximum atomic E-state index is 2.40. The summed E-state index contributed by atoms with van der Waals surface area (Å²) in [4.78, 5) is 2.40. The third-order valence-electron chi connectivity index (χ3n) is 4.64. The summed E-state index contributed by atoms with van der Waals surface area (Å²) in [5.74, 6) is 0.729. The van der Waals surface area contributed by atoms with Gasteiger partial charge in [-0.25, -0.2) is 0 Å². The first-order chi connectivity index (χ1) is 9.25. The lowest BCUT2D eigenvalue weighted by Crippen LogP contribution is -2.32. The molecule has 1 nitrogen and oxygen atoms in total. The Hall–Kier alpha value is -1.05. The highest BCUT2D eigenvalue weighted by Crippen LogP contribution is 2.37. The lowest BCUT2D eigenvalue weighted by atomic mass is 9.79. The number of hydrogen-bond donors (Lipinski definition) is 0. The van der Waals surface area contributed by atoms with Crippen LogP contribution >= 0.6 is 12.4 Å². The molecule has 1 saturated carbocycles. The van der Waals surface area contributed by atoms with Crippen molar-refractivity contribution in [2.24, 2.45) is 0 Å². The maximum absolute atomic E-state index is 2.40. The summed E-state index contributed by atoms with van der Waals surface area (Å²) in [7, 11) is 4.44. The fourth-order valence-corrected chi connectivity index (χ4v) is 3.52. The van der Waals surface area contributed by atoms with Crippen LogP contribution in [0.4, 0.5) is 0 Å². The quantitative estimate of drug-likeness (QED) is 0.764. The Balaban J connectivity index is 0.00000147. The average molecular weight is 290 g/mol. The lowest BCUT2D eigenvalue weighted by Gasteiger charge is -2.34. The topological polar surface area (TPSA) is 3.24 Å². The van der Waals surface area contributed by atoms with Crippen molar-refractivity contribution in [3.05, 3.63) is 48.0 Å². The summed E-state index contributed by atoms with van der Waals surface area (Å²) >= 11 is 0. The van der Waals surface area contributed by atoms with Gasteiger partial charge in [-0.1, -0.05) is 48.9 Å². The van der Waals surface area contributed by atoms with E-state index in [4.69, 9.17) is 0 Å². The molecule has 108 valence electrons. The minimum atomic E-state index is 0. The predicted molar refractivity (Wildman–Crippen MR) is 89.9 cm³/mol. The molecule has 0 radical (unpaired) electrons. The summed E-state index contributed by atoms with van der Waals surface area (Å²) in [6.07, 6.45) is 5.37. The summed E-state index contributed by atoms with van der Waals surface area (Å²) in [6, 6.07) is 16.3. The molecule has 2 aromatic rings. The standard InChI is InChI=1S/C18H23N.ClH/c1-19(2)16-10-5-9-15(13-16)18-12-6-8-14-7-3-4-11-17(14)18;/h3-4,6-8,11-12,15-16H,5,9-10,13H2,1-2H3;1H. The van der Waals surface area contributed by atoms with Crippen LogP contribution in [0, 0.1) is 0 Å². The van der Waals surface area contributed by atoms with Crippen LogP contribution in [-0.2, 0) is 0 Å². The van der Waals surface area contributed by atoms with Crippen molar-refractivity contribution in [3.63, 3.8) is 0 Å². The molecule has 2 heteroatoms. The van der Waals surface area contributed by atoms with Crippen LogP contribution in [0.15, 0.2) is 42.5 Å². The van der Waals surface area contributed by atoms with Crippen molar-refractivity contribution in [1.82, 2.24) is 4.90 Å². The van der Waals surface area contributed by atoms with Crippen molar-refractivity contribution < 1.29 is 0 Å². The van der Waals surface area contributed by atoms with Gasteiger partial charge in [-0.2, -0.15) is 0 Å². The van der Waals surface area contributed by atoms with Crippen LogP contribution in [0.1, 0.15) is 37.2 Å². The highest BCUT2D eigenvalue weighted by molar-refractivity contribution is 5.86. The Morgan fingerprint density at radius 1 is 0.950 bits per heavy atom. The molecule has 2 atom stereocenters. The fourth-order valence-electron chi connectivity index (χ4n) is 3.52. The maximum Gasteiger partial charge on any atom is 0.00949 e. The molecule has 0 bridgehead atoms. The third-order valence-corrected chi connectivity index (χ3v) is 4.64. The predicted octanol–water partition coefficient (Wildman–Crippen LogP) is 4.85. The molecule has 0 aliphatic heterocycles. The smallest absolute Gasteiger partial charge is 0.00949 e. The zero-order valence-electron chi connectivity index (χ0n) is 12.4. The number of nitrogens with zero attached hydrogens (tertiary/aromatic N) is 1. The van der Waals surface area contributed by atoms with Crippen LogP contribution < -0.4 is 0 Å².